The van der Waals surface area contributed by atoms with Crippen molar-refractivity contribution in [3.8, 4) is 11.5 Å². The molecule has 206 valence electrons. The van der Waals surface area contributed by atoms with E-state index < -0.39 is 16.4 Å². The molecule has 0 unspecified atom stereocenters. The number of allylic oxidation sites excluding steroid dienone is 2. The van der Waals surface area contributed by atoms with E-state index in [2.05, 4.69) is 160 Å². The van der Waals surface area contributed by atoms with E-state index >= 15 is 0 Å². The molecule has 2 aromatic carbocycles. The van der Waals surface area contributed by atoms with Crippen molar-refractivity contribution in [3.05, 3.63) is 83.4 Å². The topological polar surface area (TPSA) is 9.23 Å². The summed E-state index contributed by atoms with van der Waals surface area (Å²) in [4.78, 5) is 0. The lowest BCUT2D eigenvalue weighted by atomic mass is 9.99. The molecule has 2 aromatic rings. The molecule has 0 aromatic heterocycles. The van der Waals surface area contributed by atoms with Crippen LogP contribution in [0.15, 0.2) is 72.3 Å². The lowest BCUT2D eigenvalue weighted by molar-refractivity contribution is 0.293. The van der Waals surface area contributed by atoms with Gasteiger partial charge in [0, 0.05) is 18.6 Å². The highest BCUT2D eigenvalue weighted by Crippen LogP contribution is 2.41. The second-order valence-electron chi connectivity index (χ2n) is 13.1. The van der Waals surface area contributed by atoms with Crippen LogP contribution in [-0.4, -0.2) is 23.0 Å². The molecule has 0 fully saturated rings. The van der Waals surface area contributed by atoms with Gasteiger partial charge in [-0.2, -0.15) is 0 Å². The van der Waals surface area contributed by atoms with Crippen molar-refractivity contribution >= 4 is 28.0 Å². The molecule has 2 rings (SSSR count). The Hall–Kier alpha value is -2.13. The molecular weight excluding hydrogens is 493 g/mol. The van der Waals surface area contributed by atoms with Gasteiger partial charge < -0.3 is 4.43 Å². The van der Waals surface area contributed by atoms with Gasteiger partial charge in [0.25, 0.3) is 0 Å². The molecule has 0 aliphatic carbocycles. The maximum atomic E-state index is 6.63. The van der Waals surface area contributed by atoms with Gasteiger partial charge in [-0.15, -0.1) is 5.54 Å². The fraction of sp³-hybridized carbons (Fsp3) is 0.486. The van der Waals surface area contributed by atoms with E-state index in [0.717, 1.165) is 6.42 Å². The minimum atomic E-state index is -1.85. The van der Waals surface area contributed by atoms with Crippen molar-refractivity contribution in [2.75, 3.05) is 6.61 Å². The molecule has 0 amide bonds. The Balaban J connectivity index is 2.63. The van der Waals surface area contributed by atoms with Crippen LogP contribution in [0.3, 0.4) is 0 Å². The van der Waals surface area contributed by atoms with Gasteiger partial charge in [0.1, 0.15) is 8.07 Å². The molecule has 0 saturated carbocycles. The minimum Gasteiger partial charge on any atom is -0.416 e. The Morgan fingerprint density at radius 1 is 0.816 bits per heavy atom. The standard InChI is InChI=1S/C35H52OSi2/c1-28(2)38(29(3)4,30(5)6)25-23-32(22-24-36-37(10,11)35(7,8)9)27-34(33-20-16-13-17-21-33)26-31-18-14-12-15-19-31/h12-21,26-30H,22,24H2,1-11H3/b32-27-,34-26-. The number of rotatable bonds is 10. The van der Waals surface area contributed by atoms with Crippen molar-refractivity contribution in [2.24, 2.45) is 0 Å². The molecule has 0 aliphatic rings. The highest BCUT2D eigenvalue weighted by atomic mass is 28.4. The van der Waals surface area contributed by atoms with Crippen LogP contribution in [0, 0.1) is 11.5 Å². The van der Waals surface area contributed by atoms with E-state index in [4.69, 9.17) is 4.43 Å². The fourth-order valence-electron chi connectivity index (χ4n) is 5.18. The molecule has 3 heteroatoms. The zero-order chi connectivity index (χ0) is 28.6. The quantitative estimate of drug-likeness (QED) is 0.125. The highest BCUT2D eigenvalue weighted by Gasteiger charge is 2.41. The average Bonchev–Trinajstić information content (AvgIpc) is 2.83. The van der Waals surface area contributed by atoms with Crippen LogP contribution in [0.2, 0.25) is 34.8 Å². The van der Waals surface area contributed by atoms with Crippen LogP contribution in [0.1, 0.15) is 79.9 Å². The first kappa shape index (κ1) is 32.1. The highest BCUT2D eigenvalue weighted by molar-refractivity contribution is 6.90. The lowest BCUT2D eigenvalue weighted by Gasteiger charge is -2.38. The van der Waals surface area contributed by atoms with Gasteiger partial charge in [-0.1, -0.05) is 129 Å². The summed E-state index contributed by atoms with van der Waals surface area (Å²) >= 11 is 0. The molecule has 1 nitrogen and oxygen atoms in total. The van der Waals surface area contributed by atoms with Gasteiger partial charge in [0.05, 0.1) is 0 Å². The van der Waals surface area contributed by atoms with Crippen molar-refractivity contribution in [1.82, 2.24) is 0 Å². The summed E-state index contributed by atoms with van der Waals surface area (Å²) in [5.41, 5.74) is 10.6. The third-order valence-electron chi connectivity index (χ3n) is 8.50. The second kappa shape index (κ2) is 13.8. The summed E-state index contributed by atoms with van der Waals surface area (Å²) in [5.74, 6) is 3.78. The molecule has 0 spiro atoms. The Labute approximate surface area is 237 Å². The van der Waals surface area contributed by atoms with Crippen LogP contribution >= 0.6 is 0 Å². The summed E-state index contributed by atoms with van der Waals surface area (Å²) < 4.78 is 6.63. The first-order chi connectivity index (χ1) is 17.7. The smallest absolute Gasteiger partial charge is 0.191 e. The van der Waals surface area contributed by atoms with Crippen LogP contribution in [0.5, 0.6) is 0 Å². The summed E-state index contributed by atoms with van der Waals surface area (Å²) in [6, 6.07) is 21.3. The monoisotopic (exact) mass is 544 g/mol. The third-order valence-corrected chi connectivity index (χ3v) is 19.3. The Kier molecular flexibility index (Phi) is 11.6. The molecule has 0 heterocycles. The molecule has 0 saturated heterocycles. The van der Waals surface area contributed by atoms with Gasteiger partial charge in [0.15, 0.2) is 8.32 Å². The Bertz CT molecular complexity index is 1100. The van der Waals surface area contributed by atoms with Gasteiger partial charge >= 0.3 is 0 Å². The normalized spacial score (nSPS) is 13.7. The van der Waals surface area contributed by atoms with Crippen molar-refractivity contribution in [2.45, 2.75) is 103 Å². The SMILES string of the molecule is CC(C)[Si](C#C/C(=C\C(=C\c1ccccc1)c1ccccc1)CCO[Si](C)(C)C(C)(C)C)(C(C)C)C(C)C. The molecule has 0 atom stereocenters. The third kappa shape index (κ3) is 8.44. The lowest BCUT2D eigenvalue weighted by Crippen LogP contribution is -2.43. The number of benzene rings is 2. The van der Waals surface area contributed by atoms with E-state index in [0.29, 0.717) is 23.2 Å². The van der Waals surface area contributed by atoms with Gasteiger partial charge in [-0.25, -0.2) is 0 Å². The van der Waals surface area contributed by atoms with Crippen molar-refractivity contribution in [3.63, 3.8) is 0 Å². The summed E-state index contributed by atoms with van der Waals surface area (Å²) in [6.45, 7) is 26.6. The van der Waals surface area contributed by atoms with E-state index in [1.54, 1.807) is 0 Å². The number of hydrogen-bond acceptors (Lipinski definition) is 1. The molecular formula is C35H52OSi2. The zero-order valence-corrected chi connectivity index (χ0v) is 28.0. The van der Waals surface area contributed by atoms with Crippen LogP contribution < -0.4 is 0 Å². The van der Waals surface area contributed by atoms with Crippen molar-refractivity contribution in [1.29, 1.82) is 0 Å². The van der Waals surface area contributed by atoms with E-state index in [1.165, 1.54) is 22.3 Å². The predicted octanol–water partition coefficient (Wildman–Crippen LogP) is 10.8. The van der Waals surface area contributed by atoms with Crippen LogP contribution in [0.4, 0.5) is 0 Å². The zero-order valence-electron chi connectivity index (χ0n) is 26.0. The van der Waals surface area contributed by atoms with Crippen LogP contribution in [-0.2, 0) is 4.43 Å². The van der Waals surface area contributed by atoms with E-state index in [1.807, 2.05) is 0 Å². The van der Waals surface area contributed by atoms with Gasteiger partial charge in [0.2, 0.25) is 0 Å². The second-order valence-corrected chi connectivity index (χ2v) is 23.4. The first-order valence-electron chi connectivity index (χ1n) is 14.4. The molecule has 0 radical (unpaired) electrons. The van der Waals surface area contributed by atoms with Gasteiger partial charge in [-0.3, -0.25) is 0 Å². The molecule has 0 aliphatic heterocycles. The minimum absolute atomic E-state index is 0.194. The maximum absolute atomic E-state index is 6.63. The summed E-state index contributed by atoms with van der Waals surface area (Å²) in [5, 5.41) is 0.194. The summed E-state index contributed by atoms with van der Waals surface area (Å²) in [6.07, 6.45) is 5.44. The first-order valence-corrected chi connectivity index (χ1v) is 19.5. The van der Waals surface area contributed by atoms with Crippen molar-refractivity contribution < 1.29 is 4.43 Å². The molecule has 0 N–H and O–H groups in total. The fourth-order valence-corrected chi connectivity index (χ4v) is 11.5. The number of hydrogen-bond donors (Lipinski definition) is 0. The average molecular weight is 545 g/mol. The van der Waals surface area contributed by atoms with Gasteiger partial charge in [-0.05, 0) is 63.6 Å². The molecule has 38 heavy (non-hydrogen) atoms. The largest absolute Gasteiger partial charge is 0.416 e. The molecule has 0 bridgehead atoms. The van der Waals surface area contributed by atoms with Crippen LogP contribution in [0.25, 0.3) is 11.6 Å². The summed E-state index contributed by atoms with van der Waals surface area (Å²) in [7, 11) is -3.69. The van der Waals surface area contributed by atoms with E-state index in [-0.39, 0.29) is 5.04 Å². The predicted molar refractivity (Wildman–Crippen MR) is 175 cm³/mol. The van der Waals surface area contributed by atoms with E-state index in [9.17, 15) is 0 Å². The maximum Gasteiger partial charge on any atom is 0.191 e. The Morgan fingerprint density at radius 3 is 1.79 bits per heavy atom. The Morgan fingerprint density at radius 2 is 1.32 bits per heavy atom.